The molecule has 2 aromatic carbocycles. The Balaban J connectivity index is 1.52. The Hall–Kier alpha value is -2.78. The van der Waals surface area contributed by atoms with E-state index in [-0.39, 0.29) is 17.7 Å². The molecule has 29 heavy (non-hydrogen) atoms. The number of halogens is 1. The molecule has 4 rings (SSSR count). The summed E-state index contributed by atoms with van der Waals surface area (Å²) < 4.78 is 14.8. The third kappa shape index (κ3) is 4.46. The van der Waals surface area contributed by atoms with E-state index in [0.29, 0.717) is 12.4 Å². The molecule has 1 aliphatic heterocycles. The van der Waals surface area contributed by atoms with Crippen molar-refractivity contribution in [1.82, 2.24) is 15.0 Å². The molecule has 148 valence electrons. The maximum atomic E-state index is 12.7. The number of nitrogens with one attached hydrogen (secondary N) is 2. The zero-order valence-electron chi connectivity index (χ0n) is 15.4. The highest BCUT2D eigenvalue weighted by Gasteiger charge is 2.23. The summed E-state index contributed by atoms with van der Waals surface area (Å²) in [5.41, 5.74) is 1.68. The minimum Gasteiger partial charge on any atom is -0.497 e. The van der Waals surface area contributed by atoms with Crippen molar-refractivity contribution in [2.75, 3.05) is 13.7 Å². The van der Waals surface area contributed by atoms with Gasteiger partial charge in [0.2, 0.25) is 11.7 Å². The van der Waals surface area contributed by atoms with Crippen molar-refractivity contribution >= 4 is 45.3 Å². The van der Waals surface area contributed by atoms with Crippen LogP contribution in [0, 0.1) is 0 Å². The summed E-state index contributed by atoms with van der Waals surface area (Å²) in [6, 6.07) is 13.3. The topological polar surface area (TPSA) is 88.8 Å². The van der Waals surface area contributed by atoms with Crippen molar-refractivity contribution in [3.8, 4) is 5.75 Å². The van der Waals surface area contributed by atoms with Crippen LogP contribution in [0.25, 0.3) is 0 Å². The molecule has 9 heteroatoms. The molecule has 2 N–H and O–H groups in total. The predicted octanol–water partition coefficient (Wildman–Crippen LogP) is 4.03. The first-order chi connectivity index (χ1) is 14.1. The molecule has 0 saturated carbocycles. The molecule has 0 bridgehead atoms. The van der Waals surface area contributed by atoms with Gasteiger partial charge in [0, 0.05) is 11.0 Å². The van der Waals surface area contributed by atoms with Crippen LogP contribution >= 0.6 is 27.9 Å². The van der Waals surface area contributed by atoms with Gasteiger partial charge in [-0.1, -0.05) is 28.1 Å². The van der Waals surface area contributed by atoms with Gasteiger partial charge in [-0.05, 0) is 47.8 Å². The molecule has 1 aromatic heterocycles. The van der Waals surface area contributed by atoms with Gasteiger partial charge in [0.25, 0.3) is 5.91 Å². The summed E-state index contributed by atoms with van der Waals surface area (Å²) in [6.45, 7) is 0.297. The van der Waals surface area contributed by atoms with Crippen molar-refractivity contribution in [2.45, 2.75) is 10.8 Å². The number of ether oxygens (including phenoxy) is 1. The molecule has 1 amide bonds. The number of hydrogen-bond acceptors (Lipinski definition) is 7. The molecule has 0 fully saturated rings. The van der Waals surface area contributed by atoms with Crippen LogP contribution in [0.1, 0.15) is 17.4 Å². The van der Waals surface area contributed by atoms with Crippen molar-refractivity contribution in [3.63, 3.8) is 0 Å². The molecular weight excluding hydrogens is 456 g/mol. The van der Waals surface area contributed by atoms with Crippen LogP contribution < -0.4 is 14.8 Å². The first-order valence-corrected chi connectivity index (χ1v) is 10.4. The number of aliphatic imine (C=N–C) groups is 1. The van der Waals surface area contributed by atoms with Crippen LogP contribution in [0.15, 0.2) is 73.7 Å². The van der Waals surface area contributed by atoms with Crippen molar-refractivity contribution in [2.24, 2.45) is 4.99 Å². The third-order valence-electron chi connectivity index (χ3n) is 4.34. The zero-order valence-corrected chi connectivity index (χ0v) is 17.8. The lowest BCUT2D eigenvalue weighted by molar-refractivity contribution is -0.115. The van der Waals surface area contributed by atoms with E-state index in [1.807, 2.05) is 42.5 Å². The van der Waals surface area contributed by atoms with E-state index in [1.54, 1.807) is 13.3 Å². The smallest absolute Gasteiger partial charge is 0.287 e. The minimum atomic E-state index is -0.300. The number of oxazole rings is 1. The van der Waals surface area contributed by atoms with E-state index in [4.69, 9.17) is 9.15 Å². The van der Waals surface area contributed by atoms with E-state index >= 15 is 0 Å². The number of rotatable bonds is 6. The van der Waals surface area contributed by atoms with Crippen molar-refractivity contribution in [3.05, 3.63) is 70.9 Å². The quantitative estimate of drug-likeness (QED) is 0.526. The fraction of sp³-hybridized carbons (Fsp3) is 0.150. The van der Waals surface area contributed by atoms with Gasteiger partial charge in [-0.2, -0.15) is 0 Å². The van der Waals surface area contributed by atoms with Gasteiger partial charge in [-0.25, -0.2) is 9.98 Å². The Bertz CT molecular complexity index is 1060. The fourth-order valence-electron chi connectivity index (χ4n) is 2.90. The maximum Gasteiger partial charge on any atom is 0.287 e. The number of carbonyl (C=O) groups excluding carboxylic acids is 1. The zero-order chi connectivity index (χ0) is 20.2. The first kappa shape index (κ1) is 19.5. The Morgan fingerprint density at radius 1 is 1.34 bits per heavy atom. The summed E-state index contributed by atoms with van der Waals surface area (Å²) >= 11 is 4.79. The summed E-state index contributed by atoms with van der Waals surface area (Å²) in [7, 11) is 1.61. The Morgan fingerprint density at radius 2 is 2.24 bits per heavy atom. The molecule has 1 aliphatic rings. The average Bonchev–Trinajstić information content (AvgIpc) is 3.28. The molecule has 7 nitrogen and oxygen atoms in total. The number of fused-ring (bicyclic) bond motifs is 1. The molecule has 0 aliphatic carbocycles. The Labute approximate surface area is 180 Å². The molecule has 0 spiro atoms. The number of nitrogens with zero attached hydrogens (tertiary/aromatic N) is 2. The molecule has 1 atom stereocenters. The first-order valence-electron chi connectivity index (χ1n) is 8.76. The van der Waals surface area contributed by atoms with E-state index in [1.165, 1.54) is 18.2 Å². The van der Waals surface area contributed by atoms with E-state index in [2.05, 4.69) is 35.9 Å². The SMILES string of the molecule is COc1cccc(C(CNC(=O)C2=Nc3ccc(Br)cc3SN2)c2ncco2)c1. The van der Waals surface area contributed by atoms with Gasteiger partial charge < -0.3 is 19.2 Å². The summed E-state index contributed by atoms with van der Waals surface area (Å²) in [5.74, 6) is 0.931. The van der Waals surface area contributed by atoms with Gasteiger partial charge >= 0.3 is 0 Å². The molecule has 0 saturated heterocycles. The fourth-order valence-corrected chi connectivity index (χ4v) is 4.16. The van der Waals surface area contributed by atoms with Gasteiger partial charge in [-0.15, -0.1) is 0 Å². The molecule has 3 aromatic rings. The number of carbonyl (C=O) groups is 1. The van der Waals surface area contributed by atoms with Crippen LogP contribution in [-0.4, -0.2) is 30.4 Å². The van der Waals surface area contributed by atoms with Crippen LogP contribution in [0.3, 0.4) is 0 Å². The lowest BCUT2D eigenvalue weighted by atomic mass is 9.98. The number of amides is 1. The van der Waals surface area contributed by atoms with E-state index in [0.717, 1.165) is 26.4 Å². The number of aromatic nitrogens is 1. The summed E-state index contributed by atoms with van der Waals surface area (Å²) in [5, 5.41) is 2.92. The van der Waals surface area contributed by atoms with Crippen molar-refractivity contribution in [1.29, 1.82) is 0 Å². The van der Waals surface area contributed by atoms with Gasteiger partial charge in [0.1, 0.15) is 12.0 Å². The predicted molar refractivity (Wildman–Crippen MR) is 115 cm³/mol. The normalized spacial score (nSPS) is 13.7. The standard InChI is InChI=1S/C20H17BrN4O3S/c1-27-14-4-2-3-12(9-14)15(20-22-7-8-28-20)11-23-19(26)18-24-16-6-5-13(21)10-17(16)29-25-18/h2-10,15H,11H2,1H3,(H,23,26)(H,24,25). The minimum absolute atomic E-state index is 0.251. The molecule has 2 heterocycles. The van der Waals surface area contributed by atoms with Crippen LogP contribution in [0.4, 0.5) is 5.69 Å². The number of amidine groups is 1. The largest absolute Gasteiger partial charge is 0.497 e. The van der Waals surface area contributed by atoms with Gasteiger partial charge in [-0.3, -0.25) is 4.79 Å². The Morgan fingerprint density at radius 3 is 3.03 bits per heavy atom. The number of methoxy groups -OCH3 is 1. The second-order valence-corrected chi connectivity index (χ2v) is 7.95. The van der Waals surface area contributed by atoms with Crippen LogP contribution in [-0.2, 0) is 4.79 Å². The molecule has 1 unspecified atom stereocenters. The summed E-state index contributed by atoms with van der Waals surface area (Å²) in [4.78, 5) is 22.3. The van der Waals surface area contributed by atoms with Gasteiger partial charge in [0.05, 0.1) is 29.8 Å². The Kier molecular flexibility index (Phi) is 5.86. The van der Waals surface area contributed by atoms with Crippen LogP contribution in [0.2, 0.25) is 0 Å². The number of hydrogen-bond donors (Lipinski definition) is 2. The van der Waals surface area contributed by atoms with Gasteiger partial charge in [0.15, 0.2) is 0 Å². The molecule has 0 radical (unpaired) electrons. The summed E-state index contributed by atoms with van der Waals surface area (Å²) in [6.07, 6.45) is 3.10. The van der Waals surface area contributed by atoms with E-state index in [9.17, 15) is 4.79 Å². The lowest BCUT2D eigenvalue weighted by Crippen LogP contribution is -2.40. The van der Waals surface area contributed by atoms with E-state index < -0.39 is 0 Å². The second kappa shape index (κ2) is 8.71. The average molecular weight is 473 g/mol. The third-order valence-corrected chi connectivity index (χ3v) is 5.67. The second-order valence-electron chi connectivity index (χ2n) is 6.19. The lowest BCUT2D eigenvalue weighted by Gasteiger charge is -2.19. The molecular formula is C20H17BrN4O3S. The number of benzene rings is 2. The highest BCUT2D eigenvalue weighted by Crippen LogP contribution is 2.33. The highest BCUT2D eigenvalue weighted by atomic mass is 79.9. The van der Waals surface area contributed by atoms with Crippen molar-refractivity contribution < 1.29 is 13.9 Å². The monoisotopic (exact) mass is 472 g/mol. The maximum absolute atomic E-state index is 12.7. The highest BCUT2D eigenvalue weighted by molar-refractivity contribution is 9.10. The van der Waals surface area contributed by atoms with Crippen LogP contribution in [0.5, 0.6) is 5.75 Å².